The van der Waals surface area contributed by atoms with Crippen LogP contribution in [0.25, 0.3) is 22.8 Å². The van der Waals surface area contributed by atoms with Gasteiger partial charge in [-0.2, -0.15) is 4.98 Å². The Kier molecular flexibility index (Phi) is 2.53. The second-order valence-corrected chi connectivity index (χ2v) is 4.62. The average Bonchev–Trinajstić information content (AvgIpc) is 3.15. The monoisotopic (exact) mass is 281 g/mol. The number of rotatable bonds is 2. The summed E-state index contributed by atoms with van der Waals surface area (Å²) in [4.78, 5) is 4.39. The van der Waals surface area contributed by atoms with E-state index < -0.39 is 0 Å². The molecule has 0 atom stereocenters. The van der Waals surface area contributed by atoms with E-state index >= 15 is 0 Å². The highest BCUT2D eigenvalue weighted by atomic mass is 16.7. The standard InChI is InChI=1S/C15H11N3O3/c16-11-3-1-2-10(6-11)15-17-14(18-21-15)9-4-5-12-13(7-9)20-8-19-12/h1-7H,8,16H2. The number of hydrogen-bond acceptors (Lipinski definition) is 6. The first-order valence-electron chi connectivity index (χ1n) is 6.39. The second kappa shape index (κ2) is 4.52. The number of benzene rings is 2. The number of hydrogen-bond donors (Lipinski definition) is 1. The molecule has 0 unspecified atom stereocenters. The van der Waals surface area contributed by atoms with Gasteiger partial charge in [0.2, 0.25) is 12.6 Å². The molecule has 0 fully saturated rings. The van der Waals surface area contributed by atoms with Crippen molar-refractivity contribution in [1.29, 1.82) is 0 Å². The Hall–Kier alpha value is -3.02. The quantitative estimate of drug-likeness (QED) is 0.727. The van der Waals surface area contributed by atoms with Crippen molar-refractivity contribution < 1.29 is 14.0 Å². The minimum absolute atomic E-state index is 0.236. The third-order valence-electron chi connectivity index (χ3n) is 3.19. The fraction of sp³-hybridized carbons (Fsp3) is 0.0667. The number of nitrogen functional groups attached to an aromatic ring is 1. The number of aromatic nitrogens is 2. The minimum Gasteiger partial charge on any atom is -0.454 e. The van der Waals surface area contributed by atoms with Crippen LogP contribution in [0.5, 0.6) is 11.5 Å². The lowest BCUT2D eigenvalue weighted by molar-refractivity contribution is 0.174. The van der Waals surface area contributed by atoms with E-state index in [0.29, 0.717) is 23.2 Å². The van der Waals surface area contributed by atoms with E-state index in [9.17, 15) is 0 Å². The van der Waals surface area contributed by atoms with Gasteiger partial charge in [-0.1, -0.05) is 11.2 Å². The lowest BCUT2D eigenvalue weighted by atomic mass is 10.2. The van der Waals surface area contributed by atoms with Gasteiger partial charge in [0.1, 0.15) is 0 Å². The molecule has 1 aliphatic rings. The third-order valence-corrected chi connectivity index (χ3v) is 3.19. The normalized spacial score (nSPS) is 12.6. The molecular formula is C15H11N3O3. The van der Waals surface area contributed by atoms with Gasteiger partial charge in [0, 0.05) is 16.8 Å². The Labute approximate surface area is 120 Å². The van der Waals surface area contributed by atoms with Crippen molar-refractivity contribution in [2.24, 2.45) is 0 Å². The Balaban J connectivity index is 1.71. The summed E-state index contributed by atoms with van der Waals surface area (Å²) in [7, 11) is 0. The van der Waals surface area contributed by atoms with Gasteiger partial charge in [-0.3, -0.25) is 0 Å². The maximum absolute atomic E-state index is 5.76. The van der Waals surface area contributed by atoms with Gasteiger partial charge in [-0.25, -0.2) is 0 Å². The van der Waals surface area contributed by atoms with Gasteiger partial charge in [0.05, 0.1) is 0 Å². The van der Waals surface area contributed by atoms with Crippen molar-refractivity contribution in [1.82, 2.24) is 10.1 Å². The molecule has 1 aromatic heterocycles. The molecule has 0 amide bonds. The zero-order valence-electron chi connectivity index (χ0n) is 10.9. The zero-order chi connectivity index (χ0) is 14.2. The highest BCUT2D eigenvalue weighted by Gasteiger charge is 2.17. The minimum atomic E-state index is 0.236. The van der Waals surface area contributed by atoms with Gasteiger partial charge in [0.15, 0.2) is 11.5 Å². The van der Waals surface area contributed by atoms with E-state index in [1.165, 1.54) is 0 Å². The molecule has 4 rings (SSSR count). The Morgan fingerprint density at radius 2 is 1.86 bits per heavy atom. The predicted molar refractivity (Wildman–Crippen MR) is 75.7 cm³/mol. The van der Waals surface area contributed by atoms with Gasteiger partial charge in [-0.05, 0) is 36.4 Å². The summed E-state index contributed by atoms with van der Waals surface area (Å²) in [6.45, 7) is 0.236. The molecule has 0 saturated heterocycles. The molecule has 2 N–H and O–H groups in total. The number of nitrogens with two attached hydrogens (primary N) is 1. The van der Waals surface area contributed by atoms with Crippen LogP contribution in [0.4, 0.5) is 5.69 Å². The van der Waals surface area contributed by atoms with Crippen LogP contribution in [-0.4, -0.2) is 16.9 Å². The summed E-state index contributed by atoms with van der Waals surface area (Å²) in [5.74, 6) is 2.32. The van der Waals surface area contributed by atoms with Crippen LogP contribution in [0.1, 0.15) is 0 Å². The van der Waals surface area contributed by atoms with Crippen molar-refractivity contribution in [2.75, 3.05) is 12.5 Å². The molecule has 0 saturated carbocycles. The molecule has 0 radical (unpaired) electrons. The fourth-order valence-electron chi connectivity index (χ4n) is 2.17. The average molecular weight is 281 g/mol. The van der Waals surface area contributed by atoms with Gasteiger partial charge < -0.3 is 19.7 Å². The molecule has 2 aromatic carbocycles. The molecule has 104 valence electrons. The van der Waals surface area contributed by atoms with Gasteiger partial charge in [-0.15, -0.1) is 0 Å². The van der Waals surface area contributed by atoms with Crippen molar-refractivity contribution >= 4 is 5.69 Å². The maximum Gasteiger partial charge on any atom is 0.258 e. The molecule has 2 heterocycles. The SMILES string of the molecule is Nc1cccc(-c2nc(-c3ccc4c(c3)OCO4)no2)c1. The summed E-state index contributed by atoms with van der Waals surface area (Å²) < 4.78 is 15.9. The first-order chi connectivity index (χ1) is 10.3. The lowest BCUT2D eigenvalue weighted by Gasteiger charge is -1.97. The van der Waals surface area contributed by atoms with Gasteiger partial charge in [0.25, 0.3) is 5.89 Å². The van der Waals surface area contributed by atoms with Crippen molar-refractivity contribution in [2.45, 2.75) is 0 Å². The molecule has 0 aliphatic carbocycles. The number of fused-ring (bicyclic) bond motifs is 1. The van der Waals surface area contributed by atoms with Crippen LogP contribution < -0.4 is 15.2 Å². The lowest BCUT2D eigenvalue weighted by Crippen LogP contribution is -1.92. The summed E-state index contributed by atoms with van der Waals surface area (Å²) in [6, 6.07) is 12.8. The van der Waals surface area contributed by atoms with E-state index in [-0.39, 0.29) is 6.79 Å². The number of anilines is 1. The molecule has 0 spiro atoms. The van der Waals surface area contributed by atoms with Crippen LogP contribution in [0.3, 0.4) is 0 Å². The smallest absolute Gasteiger partial charge is 0.258 e. The molecule has 1 aliphatic heterocycles. The first-order valence-corrected chi connectivity index (χ1v) is 6.39. The highest BCUT2D eigenvalue weighted by molar-refractivity contribution is 5.65. The Morgan fingerprint density at radius 1 is 0.952 bits per heavy atom. The van der Waals surface area contributed by atoms with Crippen molar-refractivity contribution in [3.05, 3.63) is 42.5 Å². The summed E-state index contributed by atoms with van der Waals surface area (Å²) in [5, 5.41) is 3.99. The molecule has 6 heteroatoms. The molecule has 21 heavy (non-hydrogen) atoms. The van der Waals surface area contributed by atoms with E-state index in [4.69, 9.17) is 19.7 Å². The summed E-state index contributed by atoms with van der Waals surface area (Å²) >= 11 is 0. The van der Waals surface area contributed by atoms with E-state index in [1.807, 2.05) is 30.3 Å². The van der Waals surface area contributed by atoms with Crippen LogP contribution >= 0.6 is 0 Å². The maximum atomic E-state index is 5.76. The molecule has 3 aromatic rings. The van der Waals surface area contributed by atoms with Crippen LogP contribution in [-0.2, 0) is 0 Å². The molecule has 6 nitrogen and oxygen atoms in total. The third kappa shape index (κ3) is 2.06. The van der Waals surface area contributed by atoms with E-state index in [1.54, 1.807) is 12.1 Å². The van der Waals surface area contributed by atoms with Crippen LogP contribution in [0.2, 0.25) is 0 Å². The van der Waals surface area contributed by atoms with Gasteiger partial charge >= 0.3 is 0 Å². The fourth-order valence-corrected chi connectivity index (χ4v) is 2.17. The largest absolute Gasteiger partial charge is 0.454 e. The van der Waals surface area contributed by atoms with E-state index in [2.05, 4.69) is 10.1 Å². The van der Waals surface area contributed by atoms with Crippen molar-refractivity contribution in [3.8, 4) is 34.3 Å². The number of nitrogens with zero attached hydrogens (tertiary/aromatic N) is 2. The second-order valence-electron chi connectivity index (χ2n) is 4.62. The number of ether oxygens (including phenoxy) is 2. The van der Waals surface area contributed by atoms with E-state index in [0.717, 1.165) is 16.9 Å². The zero-order valence-corrected chi connectivity index (χ0v) is 10.9. The predicted octanol–water partition coefficient (Wildman–Crippen LogP) is 2.71. The van der Waals surface area contributed by atoms with Crippen molar-refractivity contribution in [3.63, 3.8) is 0 Å². The molecule has 0 bridgehead atoms. The highest BCUT2D eigenvalue weighted by Crippen LogP contribution is 2.35. The van der Waals surface area contributed by atoms with Crippen LogP contribution in [0.15, 0.2) is 47.0 Å². The summed E-state index contributed by atoms with van der Waals surface area (Å²) in [6.07, 6.45) is 0. The Bertz CT molecular complexity index is 813. The first kappa shape index (κ1) is 11.8. The summed E-state index contributed by atoms with van der Waals surface area (Å²) in [5.41, 5.74) is 7.99. The van der Waals surface area contributed by atoms with Crippen LogP contribution in [0, 0.1) is 0 Å². The Morgan fingerprint density at radius 3 is 2.76 bits per heavy atom. The molecular weight excluding hydrogens is 270 g/mol. The topological polar surface area (TPSA) is 83.4 Å².